The molecule has 0 spiro atoms. The smallest absolute Gasteiger partial charge is 0.257 e. The van der Waals surface area contributed by atoms with E-state index >= 15 is 0 Å². The topological polar surface area (TPSA) is 71.1 Å². The third-order valence-electron chi connectivity index (χ3n) is 4.79. The number of nitrogens with zero attached hydrogens (tertiary/aromatic N) is 2. The minimum Gasteiger partial charge on any atom is -0.490 e. The van der Waals surface area contributed by atoms with Crippen molar-refractivity contribution in [3.63, 3.8) is 0 Å². The van der Waals surface area contributed by atoms with Gasteiger partial charge in [0.2, 0.25) is 5.91 Å². The van der Waals surface area contributed by atoms with Gasteiger partial charge in [-0.05, 0) is 56.3 Å². The van der Waals surface area contributed by atoms with E-state index in [9.17, 15) is 9.59 Å². The SMILES string of the molecule is CC(C)Oc1cc(Br)ccc1C(=O)N(C)CC(=O)Nc1ccc(N2CCOCC2)cc1. The molecule has 2 amide bonds. The van der Waals surface area contributed by atoms with Crippen molar-refractivity contribution < 1.29 is 19.1 Å². The Kier molecular flexibility index (Phi) is 7.92. The van der Waals surface area contributed by atoms with Crippen LogP contribution in [0.3, 0.4) is 0 Å². The molecule has 0 aliphatic carbocycles. The first-order valence-electron chi connectivity index (χ1n) is 10.3. The molecule has 1 fully saturated rings. The lowest BCUT2D eigenvalue weighted by Gasteiger charge is -2.28. The minimum atomic E-state index is -0.277. The Bertz CT molecular complexity index is 912. The molecule has 0 bridgehead atoms. The second kappa shape index (κ2) is 10.6. The highest BCUT2D eigenvalue weighted by atomic mass is 79.9. The van der Waals surface area contributed by atoms with Crippen LogP contribution in [0.1, 0.15) is 24.2 Å². The summed E-state index contributed by atoms with van der Waals surface area (Å²) in [6, 6.07) is 12.9. The molecule has 1 aliphatic rings. The lowest BCUT2D eigenvalue weighted by atomic mass is 10.1. The van der Waals surface area contributed by atoms with Crippen LogP contribution in [0.2, 0.25) is 0 Å². The first-order valence-corrected chi connectivity index (χ1v) is 11.1. The zero-order valence-electron chi connectivity index (χ0n) is 18.1. The maximum absolute atomic E-state index is 12.9. The van der Waals surface area contributed by atoms with E-state index in [2.05, 4.69) is 26.1 Å². The summed E-state index contributed by atoms with van der Waals surface area (Å²) in [4.78, 5) is 29.0. The van der Waals surface area contributed by atoms with E-state index in [0.29, 0.717) is 17.0 Å². The summed E-state index contributed by atoms with van der Waals surface area (Å²) in [6.07, 6.45) is -0.0742. The van der Waals surface area contributed by atoms with Crippen molar-refractivity contribution in [2.45, 2.75) is 20.0 Å². The summed E-state index contributed by atoms with van der Waals surface area (Å²) >= 11 is 3.40. The number of ether oxygens (including phenoxy) is 2. The molecule has 0 unspecified atom stereocenters. The number of rotatable bonds is 7. The van der Waals surface area contributed by atoms with E-state index < -0.39 is 0 Å². The Hall–Kier alpha value is -2.58. The van der Waals surface area contributed by atoms with E-state index in [0.717, 1.165) is 36.5 Å². The number of hydrogen-bond acceptors (Lipinski definition) is 5. The van der Waals surface area contributed by atoms with Gasteiger partial charge in [-0.3, -0.25) is 9.59 Å². The van der Waals surface area contributed by atoms with Gasteiger partial charge in [0, 0.05) is 36.0 Å². The molecule has 0 aromatic heterocycles. The molecular formula is C23H28BrN3O4. The summed E-state index contributed by atoms with van der Waals surface area (Å²) in [5, 5.41) is 2.85. The third-order valence-corrected chi connectivity index (χ3v) is 5.28. The molecule has 1 aliphatic heterocycles. The van der Waals surface area contributed by atoms with Gasteiger partial charge in [0.15, 0.2) is 0 Å². The Morgan fingerprint density at radius 2 is 1.84 bits per heavy atom. The van der Waals surface area contributed by atoms with E-state index in [1.165, 1.54) is 4.90 Å². The van der Waals surface area contributed by atoms with Gasteiger partial charge in [-0.2, -0.15) is 0 Å². The molecule has 7 nitrogen and oxygen atoms in total. The van der Waals surface area contributed by atoms with Crippen molar-refractivity contribution in [2.24, 2.45) is 0 Å². The van der Waals surface area contributed by atoms with Crippen LogP contribution >= 0.6 is 15.9 Å². The second-order valence-electron chi connectivity index (χ2n) is 7.66. The highest BCUT2D eigenvalue weighted by Crippen LogP contribution is 2.26. The van der Waals surface area contributed by atoms with Crippen molar-refractivity contribution in [1.29, 1.82) is 0 Å². The number of carbonyl (C=O) groups excluding carboxylic acids is 2. The van der Waals surface area contributed by atoms with Crippen LogP contribution in [0, 0.1) is 0 Å². The molecule has 0 atom stereocenters. The molecule has 8 heteroatoms. The zero-order valence-corrected chi connectivity index (χ0v) is 19.6. The van der Waals surface area contributed by atoms with Gasteiger partial charge in [-0.25, -0.2) is 0 Å². The number of carbonyl (C=O) groups is 2. The summed E-state index contributed by atoms with van der Waals surface area (Å²) < 4.78 is 12.0. The zero-order chi connectivity index (χ0) is 22.4. The average molecular weight is 490 g/mol. The monoisotopic (exact) mass is 489 g/mol. The molecule has 2 aromatic rings. The number of amides is 2. The van der Waals surface area contributed by atoms with Gasteiger partial charge in [-0.1, -0.05) is 15.9 Å². The predicted octanol–water partition coefficient (Wildman–Crippen LogP) is 3.78. The number of hydrogen-bond donors (Lipinski definition) is 1. The number of anilines is 2. The number of benzene rings is 2. The molecule has 1 saturated heterocycles. The maximum Gasteiger partial charge on any atom is 0.257 e. The van der Waals surface area contributed by atoms with Crippen molar-refractivity contribution in [3.05, 3.63) is 52.5 Å². The maximum atomic E-state index is 12.9. The van der Waals surface area contributed by atoms with Crippen molar-refractivity contribution in [1.82, 2.24) is 4.90 Å². The first-order chi connectivity index (χ1) is 14.8. The highest BCUT2D eigenvalue weighted by molar-refractivity contribution is 9.10. The van der Waals surface area contributed by atoms with Gasteiger partial charge in [0.05, 0.1) is 31.4 Å². The Morgan fingerprint density at radius 3 is 2.48 bits per heavy atom. The minimum absolute atomic E-state index is 0.0682. The lowest BCUT2D eigenvalue weighted by Crippen LogP contribution is -2.36. The Balaban J connectivity index is 1.59. The van der Waals surface area contributed by atoms with Crippen molar-refractivity contribution in [2.75, 3.05) is 50.1 Å². The third kappa shape index (κ3) is 6.45. The molecular weight excluding hydrogens is 462 g/mol. The summed E-state index contributed by atoms with van der Waals surface area (Å²) in [5.74, 6) is -0.0558. The fraction of sp³-hybridized carbons (Fsp3) is 0.391. The molecule has 1 heterocycles. The fourth-order valence-electron chi connectivity index (χ4n) is 3.29. The van der Waals surface area contributed by atoms with Crippen LogP contribution in [0.25, 0.3) is 0 Å². The van der Waals surface area contributed by atoms with Crippen molar-refractivity contribution >= 4 is 39.1 Å². The van der Waals surface area contributed by atoms with Crippen LogP contribution in [0.15, 0.2) is 46.9 Å². The summed E-state index contributed by atoms with van der Waals surface area (Å²) in [6.45, 7) is 6.89. The van der Waals surface area contributed by atoms with Gasteiger partial charge >= 0.3 is 0 Å². The average Bonchev–Trinajstić information content (AvgIpc) is 2.74. The van der Waals surface area contributed by atoms with Crippen molar-refractivity contribution in [3.8, 4) is 5.75 Å². The van der Waals surface area contributed by atoms with Crippen LogP contribution in [-0.4, -0.2) is 62.7 Å². The van der Waals surface area contributed by atoms with E-state index in [1.807, 2.05) is 38.1 Å². The van der Waals surface area contributed by atoms with Crippen LogP contribution in [0.4, 0.5) is 11.4 Å². The quantitative estimate of drug-likeness (QED) is 0.640. The summed E-state index contributed by atoms with van der Waals surface area (Å²) in [5.41, 5.74) is 2.21. The standard InChI is InChI=1S/C23H28BrN3O4/c1-16(2)31-21-14-17(24)4-9-20(21)23(29)26(3)15-22(28)25-18-5-7-19(8-6-18)27-10-12-30-13-11-27/h4-9,14,16H,10-13,15H2,1-3H3,(H,25,28). The van der Waals surface area contributed by atoms with Gasteiger partial charge < -0.3 is 24.6 Å². The normalized spacial score (nSPS) is 13.8. The summed E-state index contributed by atoms with van der Waals surface area (Å²) in [7, 11) is 1.60. The number of nitrogens with one attached hydrogen (secondary N) is 1. The van der Waals surface area contributed by atoms with E-state index in [1.54, 1.807) is 25.2 Å². The molecule has 166 valence electrons. The molecule has 0 radical (unpaired) electrons. The van der Waals surface area contributed by atoms with Crippen LogP contribution in [-0.2, 0) is 9.53 Å². The molecule has 1 N–H and O–H groups in total. The first kappa shape index (κ1) is 23.1. The number of halogens is 1. The van der Waals surface area contributed by atoms with E-state index in [-0.39, 0.29) is 24.5 Å². The Morgan fingerprint density at radius 1 is 1.16 bits per heavy atom. The van der Waals surface area contributed by atoms with Gasteiger partial charge in [0.1, 0.15) is 5.75 Å². The molecule has 0 saturated carbocycles. The molecule has 2 aromatic carbocycles. The van der Waals surface area contributed by atoms with E-state index in [4.69, 9.17) is 9.47 Å². The molecule has 3 rings (SSSR count). The Labute approximate surface area is 191 Å². The van der Waals surface area contributed by atoms with Gasteiger partial charge in [-0.15, -0.1) is 0 Å². The second-order valence-corrected chi connectivity index (χ2v) is 8.58. The van der Waals surface area contributed by atoms with Crippen LogP contribution < -0.4 is 15.0 Å². The fourth-order valence-corrected chi connectivity index (χ4v) is 3.63. The molecule has 31 heavy (non-hydrogen) atoms. The van der Waals surface area contributed by atoms with Gasteiger partial charge in [0.25, 0.3) is 5.91 Å². The number of likely N-dealkylation sites (N-methyl/N-ethyl adjacent to an activating group) is 1. The lowest BCUT2D eigenvalue weighted by molar-refractivity contribution is -0.116. The predicted molar refractivity (Wildman–Crippen MR) is 125 cm³/mol. The van der Waals surface area contributed by atoms with Crippen LogP contribution in [0.5, 0.6) is 5.75 Å². The largest absolute Gasteiger partial charge is 0.490 e. The number of morpholine rings is 1. The highest BCUT2D eigenvalue weighted by Gasteiger charge is 2.20.